The van der Waals surface area contributed by atoms with E-state index in [0.29, 0.717) is 23.8 Å². The average molecular weight is 330 g/mol. The number of hydrogen-bond acceptors (Lipinski definition) is 6. The lowest BCUT2D eigenvalue weighted by Crippen LogP contribution is -2.45. The number of anilines is 1. The molecule has 0 aliphatic carbocycles. The second kappa shape index (κ2) is 7.33. The van der Waals surface area contributed by atoms with E-state index in [4.69, 9.17) is 9.15 Å². The number of carbonyl (C=O) groups excluding carboxylic acids is 1. The van der Waals surface area contributed by atoms with Crippen molar-refractivity contribution in [3.05, 3.63) is 36.0 Å². The third-order valence-corrected chi connectivity index (χ3v) is 4.18. The van der Waals surface area contributed by atoms with Crippen molar-refractivity contribution in [3.8, 4) is 5.88 Å². The number of furan rings is 1. The Hall–Kier alpha value is -2.57. The van der Waals surface area contributed by atoms with Crippen molar-refractivity contribution in [3.63, 3.8) is 0 Å². The molecule has 7 heteroatoms. The zero-order valence-corrected chi connectivity index (χ0v) is 14.0. The molecule has 1 saturated heterocycles. The summed E-state index contributed by atoms with van der Waals surface area (Å²) in [6, 6.07) is 3.73. The van der Waals surface area contributed by atoms with Gasteiger partial charge in [0.2, 0.25) is 5.88 Å². The summed E-state index contributed by atoms with van der Waals surface area (Å²) in [7, 11) is 0. The Morgan fingerprint density at radius 2 is 2.21 bits per heavy atom. The van der Waals surface area contributed by atoms with Gasteiger partial charge in [-0.2, -0.15) is 0 Å². The molecular formula is C17H22N4O3. The second-order valence-corrected chi connectivity index (χ2v) is 5.77. The topological polar surface area (TPSA) is 80.5 Å². The predicted molar refractivity (Wildman–Crippen MR) is 89.3 cm³/mol. The molecule has 0 bridgehead atoms. The largest absolute Gasteiger partial charge is 0.478 e. The molecule has 0 spiro atoms. The number of rotatable bonds is 5. The molecule has 7 nitrogen and oxygen atoms in total. The number of aromatic nitrogens is 2. The fourth-order valence-corrected chi connectivity index (χ4v) is 2.87. The Bertz CT molecular complexity index is 693. The minimum atomic E-state index is -0.0691. The van der Waals surface area contributed by atoms with Gasteiger partial charge in [0.25, 0.3) is 5.91 Å². The number of ether oxygens (including phenoxy) is 1. The lowest BCUT2D eigenvalue weighted by molar-refractivity contribution is 0.0929. The number of hydrogen-bond donors (Lipinski definition) is 1. The summed E-state index contributed by atoms with van der Waals surface area (Å²) in [6.07, 6.45) is 4.81. The van der Waals surface area contributed by atoms with Gasteiger partial charge in [-0.1, -0.05) is 0 Å². The van der Waals surface area contributed by atoms with Gasteiger partial charge < -0.3 is 19.4 Å². The van der Waals surface area contributed by atoms with Gasteiger partial charge in [0.05, 0.1) is 18.4 Å². The molecule has 1 N–H and O–H groups in total. The van der Waals surface area contributed by atoms with Crippen molar-refractivity contribution in [1.29, 1.82) is 0 Å². The maximum absolute atomic E-state index is 12.2. The minimum Gasteiger partial charge on any atom is -0.478 e. The molecule has 0 saturated carbocycles. The molecule has 3 heterocycles. The lowest BCUT2D eigenvalue weighted by atomic mass is 10.0. The van der Waals surface area contributed by atoms with Gasteiger partial charge in [0.15, 0.2) is 0 Å². The first-order chi connectivity index (χ1) is 11.7. The Balaban J connectivity index is 1.55. The number of amides is 1. The van der Waals surface area contributed by atoms with E-state index in [1.165, 1.54) is 12.6 Å². The first-order valence-corrected chi connectivity index (χ1v) is 8.22. The Morgan fingerprint density at radius 3 is 2.88 bits per heavy atom. The van der Waals surface area contributed by atoms with Crippen LogP contribution in [0.3, 0.4) is 0 Å². The molecule has 128 valence electrons. The Kier molecular flexibility index (Phi) is 4.98. The Morgan fingerprint density at radius 1 is 1.42 bits per heavy atom. The van der Waals surface area contributed by atoms with Crippen molar-refractivity contribution < 1.29 is 13.9 Å². The fraction of sp³-hybridized carbons (Fsp3) is 0.471. The van der Waals surface area contributed by atoms with E-state index in [9.17, 15) is 4.79 Å². The molecule has 0 aromatic carbocycles. The van der Waals surface area contributed by atoms with Crippen LogP contribution in [0.5, 0.6) is 5.88 Å². The summed E-state index contributed by atoms with van der Waals surface area (Å²) in [4.78, 5) is 22.8. The molecule has 1 amide bonds. The van der Waals surface area contributed by atoms with E-state index >= 15 is 0 Å². The maximum Gasteiger partial charge on any atom is 0.255 e. The first kappa shape index (κ1) is 16.3. The monoisotopic (exact) mass is 330 g/mol. The number of piperidine rings is 1. The fourth-order valence-electron chi connectivity index (χ4n) is 2.87. The molecule has 1 aliphatic heterocycles. The maximum atomic E-state index is 12.2. The van der Waals surface area contributed by atoms with Crippen molar-refractivity contribution in [1.82, 2.24) is 15.3 Å². The molecular weight excluding hydrogens is 308 g/mol. The van der Waals surface area contributed by atoms with Gasteiger partial charge in [0.1, 0.15) is 17.9 Å². The van der Waals surface area contributed by atoms with Crippen LogP contribution >= 0.6 is 0 Å². The van der Waals surface area contributed by atoms with E-state index < -0.39 is 0 Å². The van der Waals surface area contributed by atoms with Crippen LogP contribution in [0.2, 0.25) is 0 Å². The quantitative estimate of drug-likeness (QED) is 0.905. The van der Waals surface area contributed by atoms with Gasteiger partial charge in [-0.15, -0.1) is 0 Å². The first-order valence-electron chi connectivity index (χ1n) is 8.22. The summed E-state index contributed by atoms with van der Waals surface area (Å²) in [6.45, 7) is 5.97. The molecule has 0 atom stereocenters. The summed E-state index contributed by atoms with van der Waals surface area (Å²) in [5.41, 5.74) is 0.606. The smallest absolute Gasteiger partial charge is 0.255 e. The highest BCUT2D eigenvalue weighted by molar-refractivity contribution is 5.95. The van der Waals surface area contributed by atoms with Gasteiger partial charge >= 0.3 is 0 Å². The van der Waals surface area contributed by atoms with Crippen molar-refractivity contribution in [2.45, 2.75) is 32.7 Å². The number of nitrogens with one attached hydrogen (secondary N) is 1. The third kappa shape index (κ3) is 3.67. The molecule has 2 aromatic heterocycles. The van der Waals surface area contributed by atoms with Gasteiger partial charge in [-0.05, 0) is 32.8 Å². The second-order valence-electron chi connectivity index (χ2n) is 5.77. The van der Waals surface area contributed by atoms with Gasteiger partial charge in [-0.3, -0.25) is 4.79 Å². The summed E-state index contributed by atoms with van der Waals surface area (Å²) >= 11 is 0. The van der Waals surface area contributed by atoms with E-state index in [0.717, 1.165) is 31.7 Å². The van der Waals surface area contributed by atoms with E-state index in [2.05, 4.69) is 20.2 Å². The highest BCUT2D eigenvalue weighted by atomic mass is 16.5. The van der Waals surface area contributed by atoms with Crippen LogP contribution in [0.15, 0.2) is 29.1 Å². The SMILES string of the molecule is CCOc1cc(N2CCC(NC(=O)c3ccoc3C)CC2)ncn1. The molecule has 1 aliphatic rings. The van der Waals surface area contributed by atoms with Crippen LogP contribution in [0.4, 0.5) is 5.82 Å². The zero-order chi connectivity index (χ0) is 16.9. The van der Waals surface area contributed by atoms with Gasteiger partial charge in [0, 0.05) is 25.2 Å². The highest BCUT2D eigenvalue weighted by Gasteiger charge is 2.23. The van der Waals surface area contributed by atoms with Crippen LogP contribution in [-0.4, -0.2) is 41.6 Å². The normalized spacial score (nSPS) is 15.3. The molecule has 2 aromatic rings. The summed E-state index contributed by atoms with van der Waals surface area (Å²) < 4.78 is 10.6. The van der Waals surface area contributed by atoms with Crippen LogP contribution in [0.25, 0.3) is 0 Å². The molecule has 3 rings (SSSR count). The minimum absolute atomic E-state index is 0.0691. The lowest BCUT2D eigenvalue weighted by Gasteiger charge is -2.33. The molecule has 0 radical (unpaired) electrons. The van der Waals surface area contributed by atoms with Crippen molar-refractivity contribution in [2.24, 2.45) is 0 Å². The van der Waals surface area contributed by atoms with Crippen LogP contribution in [-0.2, 0) is 0 Å². The number of carbonyl (C=O) groups is 1. The average Bonchev–Trinajstić information content (AvgIpc) is 3.02. The van der Waals surface area contributed by atoms with Crippen LogP contribution in [0.1, 0.15) is 35.9 Å². The summed E-state index contributed by atoms with van der Waals surface area (Å²) in [5, 5.41) is 3.08. The summed E-state index contributed by atoms with van der Waals surface area (Å²) in [5.74, 6) is 2.03. The van der Waals surface area contributed by atoms with Crippen LogP contribution in [0, 0.1) is 6.92 Å². The zero-order valence-electron chi connectivity index (χ0n) is 14.0. The van der Waals surface area contributed by atoms with Crippen molar-refractivity contribution in [2.75, 3.05) is 24.6 Å². The number of aryl methyl sites for hydroxylation is 1. The van der Waals surface area contributed by atoms with E-state index in [1.807, 2.05) is 13.0 Å². The number of nitrogens with zero attached hydrogens (tertiary/aromatic N) is 3. The molecule has 0 unspecified atom stereocenters. The van der Waals surface area contributed by atoms with Crippen LogP contribution < -0.4 is 15.0 Å². The van der Waals surface area contributed by atoms with E-state index in [-0.39, 0.29) is 11.9 Å². The molecule has 1 fully saturated rings. The Labute approximate surface area is 141 Å². The predicted octanol–water partition coefficient (Wildman–Crippen LogP) is 2.18. The third-order valence-electron chi connectivity index (χ3n) is 4.18. The van der Waals surface area contributed by atoms with Crippen molar-refractivity contribution >= 4 is 11.7 Å². The van der Waals surface area contributed by atoms with Gasteiger partial charge in [-0.25, -0.2) is 9.97 Å². The molecule has 24 heavy (non-hydrogen) atoms. The standard InChI is InChI=1S/C17H22N4O3/c1-3-23-16-10-15(18-11-19-16)21-7-4-13(5-8-21)20-17(22)14-6-9-24-12(14)2/h6,9-11,13H,3-5,7-8H2,1-2H3,(H,20,22). The van der Waals surface area contributed by atoms with E-state index in [1.54, 1.807) is 13.0 Å². The highest BCUT2D eigenvalue weighted by Crippen LogP contribution is 2.21.